The zero-order valence-corrected chi connectivity index (χ0v) is 19.7. The molecule has 0 saturated carbocycles. The Labute approximate surface area is 195 Å². The highest BCUT2D eigenvalue weighted by molar-refractivity contribution is 5.67. The molecule has 0 bridgehead atoms. The van der Waals surface area contributed by atoms with E-state index in [1.165, 1.54) is 5.57 Å². The highest BCUT2D eigenvalue weighted by Crippen LogP contribution is 2.32. The number of H-pyrrole nitrogens is 1. The van der Waals surface area contributed by atoms with Crippen molar-refractivity contribution in [2.75, 3.05) is 39.6 Å². The number of hydrogen-bond acceptors (Lipinski definition) is 5. The van der Waals surface area contributed by atoms with Gasteiger partial charge in [-0.15, -0.1) is 0 Å². The first-order valence-corrected chi connectivity index (χ1v) is 11.4. The lowest BCUT2D eigenvalue weighted by atomic mass is 9.91. The van der Waals surface area contributed by atoms with Crippen molar-refractivity contribution in [1.29, 1.82) is 0 Å². The highest BCUT2D eigenvalue weighted by atomic mass is 16.5. The minimum atomic E-state index is -1.00. The van der Waals surface area contributed by atoms with Crippen LogP contribution >= 0.6 is 0 Å². The van der Waals surface area contributed by atoms with Crippen LogP contribution in [-0.4, -0.2) is 59.6 Å². The number of rotatable bonds is 9. The number of aliphatic hydroxyl groups is 1. The number of nitrogens with one attached hydrogen (secondary N) is 1. The lowest BCUT2D eigenvalue weighted by Crippen LogP contribution is -2.48. The van der Waals surface area contributed by atoms with Gasteiger partial charge in [0.1, 0.15) is 5.82 Å². The lowest BCUT2D eigenvalue weighted by molar-refractivity contribution is -0.188. The molecular formula is C26H33N4O3+. The van der Waals surface area contributed by atoms with E-state index < -0.39 is 5.60 Å². The summed E-state index contributed by atoms with van der Waals surface area (Å²) in [6.07, 6.45) is 6.27. The number of benzene rings is 1. The average molecular weight is 450 g/mol. The van der Waals surface area contributed by atoms with Crippen LogP contribution in [0.15, 0.2) is 42.0 Å². The van der Waals surface area contributed by atoms with Gasteiger partial charge in [0, 0.05) is 30.3 Å². The summed E-state index contributed by atoms with van der Waals surface area (Å²) < 4.78 is 11.2. The summed E-state index contributed by atoms with van der Waals surface area (Å²) in [5.41, 5.74) is 5.41. The van der Waals surface area contributed by atoms with Crippen molar-refractivity contribution < 1.29 is 14.6 Å². The number of nitrogens with zero attached hydrogens (tertiary/aromatic N) is 3. The smallest absolute Gasteiger partial charge is 0.281 e. The molecule has 7 nitrogen and oxygen atoms in total. The van der Waals surface area contributed by atoms with E-state index in [9.17, 15) is 5.11 Å². The summed E-state index contributed by atoms with van der Waals surface area (Å²) in [6.45, 7) is 15.5. The SMILES string of the molecule is C#[N+]C/C=C\C(=C/C)C1CN(COCc2ccc(C)c(-c3nc(C4(O)COC4)[nH]c3C)c2)C1. The first-order chi connectivity index (χ1) is 15.9. The van der Waals surface area contributed by atoms with Gasteiger partial charge in [0.2, 0.25) is 0 Å². The second-order valence-corrected chi connectivity index (χ2v) is 9.00. The predicted octanol–water partition coefficient (Wildman–Crippen LogP) is 3.78. The summed E-state index contributed by atoms with van der Waals surface area (Å²) in [5, 5.41) is 10.5. The van der Waals surface area contributed by atoms with Crippen molar-refractivity contribution in [1.82, 2.24) is 14.9 Å². The fraction of sp³-hybridized carbons (Fsp3) is 0.462. The van der Waals surface area contributed by atoms with Gasteiger partial charge in [-0.25, -0.2) is 4.98 Å². The van der Waals surface area contributed by atoms with Crippen molar-refractivity contribution in [3.63, 3.8) is 0 Å². The number of hydrogen-bond donors (Lipinski definition) is 2. The molecule has 0 spiro atoms. The molecule has 2 aromatic rings. The Kier molecular flexibility index (Phi) is 7.11. The molecule has 0 amide bonds. The third kappa shape index (κ3) is 5.10. The number of aryl methyl sites for hydroxylation is 2. The van der Waals surface area contributed by atoms with E-state index in [0.29, 0.717) is 31.6 Å². The predicted molar refractivity (Wildman–Crippen MR) is 129 cm³/mol. The maximum atomic E-state index is 10.5. The van der Waals surface area contributed by atoms with Crippen molar-refractivity contribution in [2.24, 2.45) is 5.92 Å². The summed E-state index contributed by atoms with van der Waals surface area (Å²) in [4.78, 5) is 13.9. The van der Waals surface area contributed by atoms with Crippen LogP contribution in [0.25, 0.3) is 16.1 Å². The lowest BCUT2D eigenvalue weighted by Gasteiger charge is -2.39. The molecule has 1 aromatic carbocycles. The summed E-state index contributed by atoms with van der Waals surface area (Å²) >= 11 is 0. The largest absolute Gasteiger partial charge is 0.377 e. The van der Waals surface area contributed by atoms with E-state index >= 15 is 0 Å². The Morgan fingerprint density at radius 3 is 2.85 bits per heavy atom. The number of imidazole rings is 1. The summed E-state index contributed by atoms with van der Waals surface area (Å²) in [6, 6.07) is 6.33. The summed E-state index contributed by atoms with van der Waals surface area (Å²) in [5.74, 6) is 1.11. The molecule has 174 valence electrons. The Morgan fingerprint density at radius 1 is 1.39 bits per heavy atom. The molecular weight excluding hydrogens is 416 g/mol. The Morgan fingerprint density at radius 2 is 2.18 bits per heavy atom. The normalized spacial score (nSPS) is 18.8. The molecule has 0 unspecified atom stereocenters. The van der Waals surface area contributed by atoms with Gasteiger partial charge < -0.3 is 19.6 Å². The molecule has 2 aliphatic rings. The molecule has 2 saturated heterocycles. The van der Waals surface area contributed by atoms with Gasteiger partial charge in [0.05, 0.1) is 32.2 Å². The first-order valence-electron chi connectivity index (χ1n) is 11.4. The van der Waals surface area contributed by atoms with E-state index in [4.69, 9.17) is 21.0 Å². The van der Waals surface area contributed by atoms with Gasteiger partial charge in [-0.2, -0.15) is 0 Å². The third-order valence-electron chi connectivity index (χ3n) is 6.39. The Bertz CT molecular complexity index is 1090. The number of likely N-dealkylation sites (tertiary alicyclic amines) is 1. The molecule has 33 heavy (non-hydrogen) atoms. The average Bonchev–Trinajstić information content (AvgIpc) is 3.14. The van der Waals surface area contributed by atoms with E-state index in [-0.39, 0.29) is 13.2 Å². The van der Waals surface area contributed by atoms with E-state index in [0.717, 1.165) is 41.2 Å². The fourth-order valence-corrected chi connectivity index (χ4v) is 4.29. The molecule has 1 aromatic heterocycles. The van der Waals surface area contributed by atoms with Gasteiger partial charge in [-0.3, -0.25) is 4.90 Å². The van der Waals surface area contributed by atoms with Crippen LogP contribution < -0.4 is 0 Å². The minimum absolute atomic E-state index is 0.277. The quantitative estimate of drug-likeness (QED) is 0.570. The number of allylic oxidation sites excluding steroid dienone is 2. The van der Waals surface area contributed by atoms with Gasteiger partial charge in [-0.1, -0.05) is 29.1 Å². The van der Waals surface area contributed by atoms with Gasteiger partial charge in [0.25, 0.3) is 13.1 Å². The molecule has 4 rings (SSSR count). The van der Waals surface area contributed by atoms with Crippen LogP contribution in [0.1, 0.15) is 29.6 Å². The Hall–Kier alpha value is -2.76. The molecule has 0 aliphatic carbocycles. The standard InChI is InChI=1S/C26H33N4O3/c1-5-21(7-6-10-27-4)22-12-30(13-22)17-32-14-20-9-8-18(2)23(11-20)24-19(3)28-25(29-24)26(31)15-33-16-26/h4-9,11,22,31H,10,12-17H2,1-3H3,(H,28,29)/q+1/b7-6-,21-5+. The number of ether oxygens (including phenoxy) is 2. The maximum absolute atomic E-state index is 10.5. The molecule has 3 heterocycles. The second kappa shape index (κ2) is 10.0. The summed E-state index contributed by atoms with van der Waals surface area (Å²) in [7, 11) is 0. The molecule has 0 radical (unpaired) electrons. The third-order valence-corrected chi connectivity index (χ3v) is 6.39. The van der Waals surface area contributed by atoms with Crippen molar-refractivity contribution >= 4 is 0 Å². The molecule has 2 N–H and O–H groups in total. The Balaban J connectivity index is 1.32. The monoisotopic (exact) mass is 449 g/mol. The fourth-order valence-electron chi connectivity index (χ4n) is 4.29. The van der Waals surface area contributed by atoms with E-state index in [1.54, 1.807) is 0 Å². The first kappa shape index (κ1) is 23.4. The van der Waals surface area contributed by atoms with Crippen molar-refractivity contribution in [2.45, 2.75) is 33.0 Å². The second-order valence-electron chi connectivity index (χ2n) is 9.00. The van der Waals surface area contributed by atoms with E-state index in [2.05, 4.69) is 58.9 Å². The topological polar surface area (TPSA) is 75.0 Å². The highest BCUT2D eigenvalue weighted by Gasteiger charge is 2.41. The van der Waals surface area contributed by atoms with Crippen LogP contribution in [0, 0.1) is 26.3 Å². The number of aromatic amines is 1. The van der Waals surface area contributed by atoms with Crippen LogP contribution in [0.4, 0.5) is 0 Å². The van der Waals surface area contributed by atoms with Crippen molar-refractivity contribution in [3.05, 3.63) is 69.5 Å². The van der Waals surface area contributed by atoms with Gasteiger partial charge in [0.15, 0.2) is 5.60 Å². The minimum Gasteiger partial charge on any atom is -0.377 e. The van der Waals surface area contributed by atoms with Crippen LogP contribution in [0.3, 0.4) is 0 Å². The van der Waals surface area contributed by atoms with E-state index in [1.807, 2.05) is 13.0 Å². The number of aromatic nitrogens is 2. The molecule has 2 fully saturated rings. The van der Waals surface area contributed by atoms with Gasteiger partial charge in [-0.05, 0) is 49.6 Å². The molecule has 0 atom stereocenters. The zero-order valence-electron chi connectivity index (χ0n) is 19.7. The van der Waals surface area contributed by atoms with Crippen LogP contribution in [0.2, 0.25) is 0 Å². The maximum Gasteiger partial charge on any atom is 0.281 e. The zero-order chi connectivity index (χ0) is 23.4. The molecule has 7 heteroatoms. The molecule has 2 aliphatic heterocycles. The van der Waals surface area contributed by atoms with Gasteiger partial charge >= 0.3 is 0 Å². The van der Waals surface area contributed by atoms with Crippen molar-refractivity contribution in [3.8, 4) is 17.8 Å². The van der Waals surface area contributed by atoms with Crippen LogP contribution in [-0.2, 0) is 21.7 Å². The van der Waals surface area contributed by atoms with Crippen LogP contribution in [0.5, 0.6) is 0 Å².